The summed E-state index contributed by atoms with van der Waals surface area (Å²) in [6, 6.07) is 0. The molecule has 0 aliphatic rings. The topological polar surface area (TPSA) is 153 Å². The molecule has 0 aliphatic heterocycles. The van der Waals surface area contributed by atoms with E-state index in [1.54, 1.807) is 0 Å². The largest absolute Gasteiger partial charge is 2.00 e. The fourth-order valence-electron chi connectivity index (χ4n) is 0. The van der Waals surface area contributed by atoms with E-state index in [0.717, 1.165) is 0 Å². The zero-order chi connectivity index (χ0) is 0. The van der Waals surface area contributed by atoms with Crippen LogP contribution in [0.4, 0.5) is 0 Å². The second-order valence-corrected chi connectivity index (χ2v) is 0. The van der Waals surface area contributed by atoms with Gasteiger partial charge in [0.05, 0.1) is 0 Å². The van der Waals surface area contributed by atoms with Gasteiger partial charge in [-0.2, -0.15) is 0 Å². The SMILES string of the molecule is O.O.[Cr].[K+].[OH-].[OH-].[OH-].[Zn+2]. The van der Waals surface area contributed by atoms with Gasteiger partial charge in [-0.05, 0) is 0 Å². The van der Waals surface area contributed by atoms with Gasteiger partial charge in [-0.1, -0.05) is 0 Å². The molecule has 0 heterocycles. The summed E-state index contributed by atoms with van der Waals surface area (Å²) in [5.41, 5.74) is 0. The molecule has 0 bridgehead atoms. The molecule has 0 fully saturated rings. The van der Waals surface area contributed by atoms with Crippen LogP contribution in [0.15, 0.2) is 0 Å². The van der Waals surface area contributed by atoms with E-state index in [1.807, 2.05) is 0 Å². The molecule has 0 aromatic carbocycles. The van der Waals surface area contributed by atoms with E-state index in [1.165, 1.54) is 0 Å². The van der Waals surface area contributed by atoms with Crippen LogP contribution in [0.1, 0.15) is 0 Å². The first kappa shape index (κ1) is 145. The van der Waals surface area contributed by atoms with Gasteiger partial charge in [0, 0.05) is 17.4 Å². The minimum atomic E-state index is 0. The predicted molar refractivity (Wildman–Crippen MR) is 13.0 cm³/mol. The number of rotatable bonds is 0. The van der Waals surface area contributed by atoms with Crippen LogP contribution < -0.4 is 51.4 Å². The summed E-state index contributed by atoms with van der Waals surface area (Å²) in [7, 11) is 0. The van der Waals surface area contributed by atoms with Crippen molar-refractivity contribution in [2.24, 2.45) is 0 Å². The van der Waals surface area contributed by atoms with Crippen molar-refractivity contribution in [3.63, 3.8) is 0 Å². The quantitative estimate of drug-likeness (QED) is 0.391. The summed E-state index contributed by atoms with van der Waals surface area (Å²) in [5.74, 6) is 0. The number of hydrogen-bond donors (Lipinski definition) is 0. The minimum absolute atomic E-state index is 0. The average Bonchev–Trinajstić information content (AvgIpc) is 0. The molecule has 46 valence electrons. The monoisotopic (exact) mass is 242 g/mol. The Morgan fingerprint density at radius 2 is 0.625 bits per heavy atom. The van der Waals surface area contributed by atoms with Crippen LogP contribution in [0, 0.1) is 0 Å². The molecule has 0 amide bonds. The molecular formula is H7CrKO5Zn. The van der Waals surface area contributed by atoms with Crippen LogP contribution in [0.3, 0.4) is 0 Å². The third-order valence-corrected chi connectivity index (χ3v) is 0. The summed E-state index contributed by atoms with van der Waals surface area (Å²) < 4.78 is 0. The Hall–Kier alpha value is 2.59. The van der Waals surface area contributed by atoms with Crippen molar-refractivity contribution < 1.29 is 116 Å². The molecule has 0 saturated carbocycles. The molecule has 0 saturated heterocycles. The molecule has 8 heavy (non-hydrogen) atoms. The Balaban J connectivity index is 0. The molecule has 8 heteroatoms. The Morgan fingerprint density at radius 3 is 0.625 bits per heavy atom. The maximum absolute atomic E-state index is 0. The van der Waals surface area contributed by atoms with Gasteiger partial charge in [-0.3, -0.25) is 0 Å². The molecule has 0 aromatic heterocycles. The van der Waals surface area contributed by atoms with E-state index in [0.29, 0.717) is 0 Å². The Labute approximate surface area is 113 Å². The molecule has 0 radical (unpaired) electrons. The summed E-state index contributed by atoms with van der Waals surface area (Å²) >= 11 is 0. The molecule has 0 aliphatic carbocycles. The zero-order valence-electron chi connectivity index (χ0n) is 4.46. The van der Waals surface area contributed by atoms with Crippen molar-refractivity contribution in [3.8, 4) is 0 Å². The Bertz CT molecular complexity index is 12.4. The van der Waals surface area contributed by atoms with E-state index in [9.17, 15) is 0 Å². The third kappa shape index (κ3) is 73.7. The van der Waals surface area contributed by atoms with E-state index in [2.05, 4.69) is 0 Å². The van der Waals surface area contributed by atoms with Gasteiger partial charge >= 0.3 is 70.9 Å². The first-order chi connectivity index (χ1) is 0. The zero-order valence-corrected chi connectivity index (χ0v) is 11.8. The van der Waals surface area contributed by atoms with Crippen LogP contribution >= 0.6 is 0 Å². The molecule has 0 unspecified atom stereocenters. The fourth-order valence-corrected chi connectivity index (χ4v) is 0. The summed E-state index contributed by atoms with van der Waals surface area (Å²) in [6.45, 7) is 0. The Kier molecular flexibility index (Phi) is 1910. The normalized spacial score (nSPS) is 0. The maximum atomic E-state index is 0. The smallest absolute Gasteiger partial charge is 0.870 e. The van der Waals surface area contributed by atoms with E-state index in [-0.39, 0.29) is 116 Å². The van der Waals surface area contributed by atoms with Gasteiger partial charge in [-0.25, -0.2) is 0 Å². The van der Waals surface area contributed by atoms with Gasteiger partial charge in [-0.15, -0.1) is 0 Å². The molecule has 0 rings (SSSR count). The average molecular weight is 244 g/mol. The van der Waals surface area contributed by atoms with E-state index in [4.69, 9.17) is 0 Å². The summed E-state index contributed by atoms with van der Waals surface area (Å²) in [5, 5.41) is 0. The molecule has 5 nitrogen and oxygen atoms in total. The van der Waals surface area contributed by atoms with Gasteiger partial charge in [0.25, 0.3) is 0 Å². The molecular weight excluding hydrogens is 236 g/mol. The van der Waals surface area contributed by atoms with Crippen molar-refractivity contribution in [2.45, 2.75) is 0 Å². The van der Waals surface area contributed by atoms with Crippen LogP contribution in [0.5, 0.6) is 0 Å². The van der Waals surface area contributed by atoms with Gasteiger partial charge in [0.2, 0.25) is 0 Å². The van der Waals surface area contributed by atoms with Crippen LogP contribution in [0.25, 0.3) is 0 Å². The number of hydrogen-bond acceptors (Lipinski definition) is 3. The van der Waals surface area contributed by atoms with Crippen LogP contribution in [-0.4, -0.2) is 27.4 Å². The molecule has 7 N–H and O–H groups in total. The molecule has 0 aromatic rings. The van der Waals surface area contributed by atoms with Gasteiger partial charge < -0.3 is 27.4 Å². The Morgan fingerprint density at radius 1 is 0.625 bits per heavy atom. The third-order valence-electron chi connectivity index (χ3n) is 0. The van der Waals surface area contributed by atoms with Crippen molar-refractivity contribution in [2.75, 3.05) is 0 Å². The first-order valence-electron chi connectivity index (χ1n) is 0. The second-order valence-electron chi connectivity index (χ2n) is 0. The molecule has 0 spiro atoms. The fraction of sp³-hybridized carbons (Fsp3) is 0. The van der Waals surface area contributed by atoms with Crippen molar-refractivity contribution >= 4 is 0 Å². The summed E-state index contributed by atoms with van der Waals surface area (Å²) in [4.78, 5) is 0. The van der Waals surface area contributed by atoms with Gasteiger partial charge in [0.15, 0.2) is 0 Å². The van der Waals surface area contributed by atoms with E-state index < -0.39 is 0 Å². The first-order valence-corrected chi connectivity index (χ1v) is 0. The molecule has 0 atom stereocenters. The van der Waals surface area contributed by atoms with Crippen LogP contribution in [-0.2, 0) is 36.8 Å². The van der Waals surface area contributed by atoms with Gasteiger partial charge in [0.1, 0.15) is 0 Å². The summed E-state index contributed by atoms with van der Waals surface area (Å²) in [6.07, 6.45) is 0. The predicted octanol–water partition coefficient (Wildman–Crippen LogP) is -5.18. The standard InChI is InChI=1S/Cr.K.5H2O.Zn/h;;5*1H2;/q;+1;;;;;;+2/p-3. The second kappa shape index (κ2) is 105. The van der Waals surface area contributed by atoms with Crippen molar-refractivity contribution in [1.82, 2.24) is 0 Å². The van der Waals surface area contributed by atoms with Crippen LogP contribution in [0.2, 0.25) is 0 Å². The van der Waals surface area contributed by atoms with Crippen molar-refractivity contribution in [1.29, 1.82) is 0 Å². The van der Waals surface area contributed by atoms with Crippen molar-refractivity contribution in [3.05, 3.63) is 0 Å². The van der Waals surface area contributed by atoms with E-state index >= 15 is 0 Å². The minimum Gasteiger partial charge on any atom is -0.870 e. The maximum Gasteiger partial charge on any atom is 2.00 e.